The number of hydrazine groups is 1. The molecule has 0 aliphatic rings. The highest BCUT2D eigenvalue weighted by Gasteiger charge is 2.25. The highest BCUT2D eigenvalue weighted by atomic mass is 16.5. The minimum Gasteiger partial charge on any atom is -0.463 e. The van der Waals surface area contributed by atoms with E-state index in [1.165, 1.54) is 0 Å². The zero-order valence-electron chi connectivity index (χ0n) is 12.9. The zero-order valence-corrected chi connectivity index (χ0v) is 12.9. The Hall–Kier alpha value is -1.63. The molecule has 0 spiro atoms. The lowest BCUT2D eigenvalue weighted by Gasteiger charge is -2.31. The van der Waals surface area contributed by atoms with E-state index >= 15 is 0 Å². The van der Waals surface area contributed by atoms with Crippen LogP contribution in [0.4, 0.5) is 11.9 Å². The SMILES string of the molecule is CCCOc1nc(NN)nc(NC(CC)(CC)CC)n1. The van der Waals surface area contributed by atoms with E-state index in [0.717, 1.165) is 25.7 Å². The molecule has 0 aliphatic heterocycles. The number of nitrogens with zero attached hydrogens (tertiary/aromatic N) is 3. The highest BCUT2D eigenvalue weighted by Crippen LogP contribution is 2.24. The Morgan fingerprint density at radius 3 is 2.10 bits per heavy atom. The fourth-order valence-electron chi connectivity index (χ4n) is 1.99. The molecule has 0 saturated carbocycles. The monoisotopic (exact) mass is 282 g/mol. The number of rotatable bonds is 9. The van der Waals surface area contributed by atoms with E-state index in [1.54, 1.807) is 0 Å². The average Bonchev–Trinajstić information content (AvgIpc) is 2.50. The molecular weight excluding hydrogens is 256 g/mol. The second kappa shape index (κ2) is 7.84. The number of nitrogen functional groups attached to an aromatic ring is 1. The lowest BCUT2D eigenvalue weighted by molar-refractivity contribution is 0.291. The topological polar surface area (TPSA) is 98.0 Å². The number of nitrogens with two attached hydrogens (primary N) is 1. The van der Waals surface area contributed by atoms with Crippen molar-refractivity contribution in [3.05, 3.63) is 0 Å². The third-order valence-corrected chi connectivity index (χ3v) is 3.59. The Morgan fingerprint density at radius 2 is 1.60 bits per heavy atom. The van der Waals surface area contributed by atoms with Gasteiger partial charge in [-0.3, -0.25) is 5.43 Å². The van der Waals surface area contributed by atoms with Crippen LogP contribution in [-0.2, 0) is 0 Å². The van der Waals surface area contributed by atoms with Crippen LogP contribution < -0.4 is 21.3 Å². The van der Waals surface area contributed by atoms with Crippen LogP contribution in [0.1, 0.15) is 53.4 Å². The molecule has 0 atom stereocenters. The summed E-state index contributed by atoms with van der Waals surface area (Å²) in [4.78, 5) is 12.6. The molecule has 114 valence electrons. The molecule has 0 radical (unpaired) electrons. The lowest BCUT2D eigenvalue weighted by Crippen LogP contribution is -2.37. The summed E-state index contributed by atoms with van der Waals surface area (Å²) in [6.45, 7) is 9.04. The summed E-state index contributed by atoms with van der Waals surface area (Å²) >= 11 is 0. The van der Waals surface area contributed by atoms with Gasteiger partial charge in [-0.15, -0.1) is 0 Å². The van der Waals surface area contributed by atoms with Gasteiger partial charge in [-0.25, -0.2) is 5.84 Å². The van der Waals surface area contributed by atoms with E-state index in [9.17, 15) is 0 Å². The van der Waals surface area contributed by atoms with E-state index < -0.39 is 0 Å². The van der Waals surface area contributed by atoms with Crippen molar-refractivity contribution in [3.63, 3.8) is 0 Å². The van der Waals surface area contributed by atoms with Gasteiger partial charge in [0, 0.05) is 5.54 Å². The largest absolute Gasteiger partial charge is 0.463 e. The smallest absolute Gasteiger partial charge is 0.323 e. The first-order valence-electron chi connectivity index (χ1n) is 7.26. The first-order chi connectivity index (χ1) is 9.62. The number of anilines is 2. The molecule has 0 aromatic carbocycles. The zero-order chi connectivity index (χ0) is 15.0. The maximum atomic E-state index is 5.46. The van der Waals surface area contributed by atoms with Crippen molar-refractivity contribution in [1.29, 1.82) is 0 Å². The Labute approximate surface area is 120 Å². The molecule has 1 aromatic heterocycles. The predicted molar refractivity (Wildman–Crippen MR) is 80.6 cm³/mol. The van der Waals surface area contributed by atoms with Crippen molar-refractivity contribution >= 4 is 11.9 Å². The second-order valence-electron chi connectivity index (χ2n) is 4.72. The van der Waals surface area contributed by atoms with Crippen LogP contribution in [0.2, 0.25) is 0 Å². The third kappa shape index (κ3) is 4.19. The summed E-state index contributed by atoms with van der Waals surface area (Å²) in [6.07, 6.45) is 3.86. The lowest BCUT2D eigenvalue weighted by atomic mass is 9.90. The van der Waals surface area contributed by atoms with Crippen LogP contribution in [0.3, 0.4) is 0 Å². The van der Waals surface area contributed by atoms with Crippen molar-refractivity contribution < 1.29 is 4.74 Å². The second-order valence-corrected chi connectivity index (χ2v) is 4.72. The molecule has 0 aliphatic carbocycles. The molecule has 7 nitrogen and oxygen atoms in total. The van der Waals surface area contributed by atoms with Crippen LogP contribution in [-0.4, -0.2) is 27.1 Å². The van der Waals surface area contributed by atoms with Crippen LogP contribution >= 0.6 is 0 Å². The first kappa shape index (κ1) is 16.4. The molecule has 4 N–H and O–H groups in total. The number of aromatic nitrogens is 3. The van der Waals surface area contributed by atoms with Gasteiger partial charge in [0.1, 0.15) is 0 Å². The normalized spacial score (nSPS) is 11.2. The summed E-state index contributed by atoms with van der Waals surface area (Å²) < 4.78 is 5.46. The Balaban J connectivity index is 2.98. The van der Waals surface area contributed by atoms with Gasteiger partial charge in [0.15, 0.2) is 0 Å². The summed E-state index contributed by atoms with van der Waals surface area (Å²) in [6, 6.07) is 0.287. The van der Waals surface area contributed by atoms with Crippen LogP contribution in [0.25, 0.3) is 0 Å². The minimum atomic E-state index is -0.0186. The van der Waals surface area contributed by atoms with Crippen molar-refractivity contribution in [3.8, 4) is 6.01 Å². The average molecular weight is 282 g/mol. The molecule has 1 aromatic rings. The molecule has 1 rings (SSSR count). The Morgan fingerprint density at radius 1 is 1.00 bits per heavy atom. The number of hydrogen-bond acceptors (Lipinski definition) is 7. The molecule has 1 heterocycles. The van der Waals surface area contributed by atoms with Gasteiger partial charge in [-0.2, -0.15) is 15.0 Å². The number of hydrogen-bond donors (Lipinski definition) is 3. The summed E-state index contributed by atoms with van der Waals surface area (Å²) in [5, 5.41) is 3.40. The predicted octanol–water partition coefficient (Wildman–Crippen LogP) is 2.33. The third-order valence-electron chi connectivity index (χ3n) is 3.59. The fourth-order valence-corrected chi connectivity index (χ4v) is 1.99. The van der Waals surface area contributed by atoms with Gasteiger partial charge in [0.2, 0.25) is 11.9 Å². The van der Waals surface area contributed by atoms with Crippen molar-refractivity contribution in [1.82, 2.24) is 15.0 Å². The van der Waals surface area contributed by atoms with Crippen LogP contribution in [0, 0.1) is 0 Å². The molecule has 0 saturated heterocycles. The first-order valence-corrected chi connectivity index (χ1v) is 7.26. The van der Waals surface area contributed by atoms with Gasteiger partial charge in [0.05, 0.1) is 6.61 Å². The maximum Gasteiger partial charge on any atom is 0.323 e. The van der Waals surface area contributed by atoms with Gasteiger partial charge < -0.3 is 10.1 Å². The summed E-state index contributed by atoms with van der Waals surface area (Å²) in [5.41, 5.74) is 2.42. The van der Waals surface area contributed by atoms with Gasteiger partial charge in [0.25, 0.3) is 0 Å². The molecule has 0 unspecified atom stereocenters. The Kier molecular flexibility index (Phi) is 6.44. The number of nitrogens with one attached hydrogen (secondary N) is 2. The molecule has 7 heteroatoms. The van der Waals surface area contributed by atoms with E-state index in [4.69, 9.17) is 10.6 Å². The van der Waals surface area contributed by atoms with Gasteiger partial charge >= 0.3 is 6.01 Å². The summed E-state index contributed by atoms with van der Waals surface area (Å²) in [5.74, 6) is 6.18. The highest BCUT2D eigenvalue weighted by molar-refractivity contribution is 5.37. The fraction of sp³-hybridized carbons (Fsp3) is 0.769. The minimum absolute atomic E-state index is 0.0186. The van der Waals surface area contributed by atoms with Crippen LogP contribution in [0.5, 0.6) is 6.01 Å². The van der Waals surface area contributed by atoms with Crippen molar-refractivity contribution in [2.45, 2.75) is 58.9 Å². The van der Waals surface area contributed by atoms with Gasteiger partial charge in [-0.05, 0) is 25.7 Å². The van der Waals surface area contributed by atoms with Gasteiger partial charge in [-0.1, -0.05) is 27.7 Å². The van der Waals surface area contributed by atoms with Crippen LogP contribution in [0.15, 0.2) is 0 Å². The number of ether oxygens (including phenoxy) is 1. The van der Waals surface area contributed by atoms with Crippen molar-refractivity contribution in [2.24, 2.45) is 5.84 Å². The quantitative estimate of drug-likeness (QED) is 0.472. The summed E-state index contributed by atoms with van der Waals surface area (Å²) in [7, 11) is 0. The molecule has 0 fully saturated rings. The standard InChI is InChI=1S/C13H26N6O/c1-5-9-20-12-16-10(15-11(17-12)19-14)18-13(6-2,7-3)8-4/h5-9,14H2,1-4H3,(H2,15,16,17,18,19). The van der Waals surface area contributed by atoms with E-state index in [-0.39, 0.29) is 11.5 Å². The van der Waals surface area contributed by atoms with E-state index in [0.29, 0.717) is 18.5 Å². The molecular formula is C13H26N6O. The molecule has 0 amide bonds. The van der Waals surface area contributed by atoms with E-state index in [2.05, 4.69) is 46.5 Å². The van der Waals surface area contributed by atoms with E-state index in [1.807, 2.05) is 6.92 Å². The van der Waals surface area contributed by atoms with Crippen molar-refractivity contribution in [2.75, 3.05) is 17.3 Å². The Bertz CT molecular complexity index is 400. The maximum absolute atomic E-state index is 5.46. The molecule has 0 bridgehead atoms. The molecule has 20 heavy (non-hydrogen) atoms.